The SMILES string of the molecule is C[C@H]1CNCCN1C(=O)c1cnc2ccccn2c1=O. The molecule has 0 bridgehead atoms. The van der Waals surface area contributed by atoms with Gasteiger partial charge in [0, 0.05) is 38.1 Å². The monoisotopic (exact) mass is 272 g/mol. The summed E-state index contributed by atoms with van der Waals surface area (Å²) in [5, 5.41) is 3.22. The molecule has 20 heavy (non-hydrogen) atoms. The second kappa shape index (κ2) is 5.05. The van der Waals surface area contributed by atoms with Gasteiger partial charge in [-0.1, -0.05) is 6.07 Å². The average Bonchev–Trinajstić information content (AvgIpc) is 2.48. The average molecular weight is 272 g/mol. The van der Waals surface area contributed by atoms with Gasteiger partial charge in [-0.05, 0) is 19.1 Å². The summed E-state index contributed by atoms with van der Waals surface area (Å²) in [6.45, 7) is 4.07. The number of carbonyl (C=O) groups excluding carboxylic acids is 1. The minimum atomic E-state index is -0.314. The molecular formula is C14H16N4O2. The second-order valence-corrected chi connectivity index (χ2v) is 4.96. The van der Waals surface area contributed by atoms with Gasteiger partial charge in [0.05, 0.1) is 0 Å². The van der Waals surface area contributed by atoms with Crippen LogP contribution in [0.4, 0.5) is 0 Å². The Morgan fingerprint density at radius 2 is 2.30 bits per heavy atom. The van der Waals surface area contributed by atoms with E-state index in [-0.39, 0.29) is 23.1 Å². The van der Waals surface area contributed by atoms with Crippen molar-refractivity contribution in [2.45, 2.75) is 13.0 Å². The number of pyridine rings is 1. The standard InChI is InChI=1S/C14H16N4O2/c1-10-8-15-5-7-17(10)13(19)11-9-16-12-4-2-3-6-18(12)14(11)20/h2-4,6,9-10,15H,5,7-8H2,1H3/t10-/m0/s1. The van der Waals surface area contributed by atoms with Gasteiger partial charge in [-0.2, -0.15) is 0 Å². The summed E-state index contributed by atoms with van der Waals surface area (Å²) < 4.78 is 1.40. The molecule has 3 rings (SSSR count). The number of amides is 1. The summed E-state index contributed by atoms with van der Waals surface area (Å²) in [7, 11) is 0. The predicted octanol–water partition coefficient (Wildman–Crippen LogP) is 0.128. The van der Waals surface area contributed by atoms with Crippen LogP contribution in [0.15, 0.2) is 35.4 Å². The fourth-order valence-corrected chi connectivity index (χ4v) is 2.47. The summed E-state index contributed by atoms with van der Waals surface area (Å²) in [5.74, 6) is -0.241. The Morgan fingerprint density at radius 3 is 3.10 bits per heavy atom. The van der Waals surface area contributed by atoms with Gasteiger partial charge >= 0.3 is 0 Å². The van der Waals surface area contributed by atoms with E-state index < -0.39 is 0 Å². The van der Waals surface area contributed by atoms with Gasteiger partial charge in [-0.3, -0.25) is 14.0 Å². The molecule has 1 fully saturated rings. The Hall–Kier alpha value is -2.21. The van der Waals surface area contributed by atoms with Gasteiger partial charge in [-0.15, -0.1) is 0 Å². The molecule has 3 heterocycles. The van der Waals surface area contributed by atoms with Crippen LogP contribution < -0.4 is 10.9 Å². The summed E-state index contributed by atoms with van der Waals surface area (Å²) in [5.41, 5.74) is 0.358. The van der Waals surface area contributed by atoms with Crippen molar-refractivity contribution in [3.63, 3.8) is 0 Å². The molecule has 0 aliphatic carbocycles. The Labute approximate surface area is 116 Å². The highest BCUT2D eigenvalue weighted by Gasteiger charge is 2.26. The van der Waals surface area contributed by atoms with Crippen LogP contribution in [-0.2, 0) is 0 Å². The first-order chi connectivity index (χ1) is 9.68. The fraction of sp³-hybridized carbons (Fsp3) is 0.357. The molecule has 6 heteroatoms. The number of carbonyl (C=O) groups is 1. The van der Waals surface area contributed by atoms with Crippen molar-refractivity contribution in [2.75, 3.05) is 19.6 Å². The van der Waals surface area contributed by atoms with Gasteiger partial charge in [0.25, 0.3) is 11.5 Å². The molecule has 1 saturated heterocycles. The van der Waals surface area contributed by atoms with Crippen LogP contribution >= 0.6 is 0 Å². The third-order valence-corrected chi connectivity index (χ3v) is 3.61. The lowest BCUT2D eigenvalue weighted by Crippen LogP contribution is -2.53. The molecule has 1 N–H and O–H groups in total. The van der Waals surface area contributed by atoms with E-state index in [1.807, 2.05) is 13.0 Å². The van der Waals surface area contributed by atoms with E-state index in [1.165, 1.54) is 10.6 Å². The molecule has 104 valence electrons. The zero-order valence-corrected chi connectivity index (χ0v) is 11.2. The van der Waals surface area contributed by atoms with Crippen molar-refractivity contribution in [2.24, 2.45) is 0 Å². The first-order valence-corrected chi connectivity index (χ1v) is 6.66. The molecule has 0 radical (unpaired) electrons. The van der Waals surface area contributed by atoms with E-state index in [1.54, 1.807) is 23.2 Å². The van der Waals surface area contributed by atoms with E-state index >= 15 is 0 Å². The smallest absolute Gasteiger partial charge is 0.270 e. The van der Waals surface area contributed by atoms with Crippen molar-refractivity contribution < 1.29 is 4.79 Å². The van der Waals surface area contributed by atoms with E-state index in [0.717, 1.165) is 13.1 Å². The normalized spacial score (nSPS) is 19.2. The zero-order chi connectivity index (χ0) is 14.1. The molecule has 6 nitrogen and oxygen atoms in total. The van der Waals surface area contributed by atoms with Crippen LogP contribution in [0.2, 0.25) is 0 Å². The summed E-state index contributed by atoms with van der Waals surface area (Å²) in [6, 6.07) is 5.37. The zero-order valence-electron chi connectivity index (χ0n) is 11.2. The van der Waals surface area contributed by atoms with Crippen molar-refractivity contribution in [1.82, 2.24) is 19.6 Å². The fourth-order valence-electron chi connectivity index (χ4n) is 2.47. The molecule has 0 saturated carbocycles. The third-order valence-electron chi connectivity index (χ3n) is 3.61. The topological polar surface area (TPSA) is 66.7 Å². The van der Waals surface area contributed by atoms with Gasteiger partial charge in [0.1, 0.15) is 11.2 Å². The number of hydrogen-bond acceptors (Lipinski definition) is 4. The molecule has 0 aromatic carbocycles. The number of hydrogen-bond donors (Lipinski definition) is 1. The van der Waals surface area contributed by atoms with Crippen LogP contribution in [0.3, 0.4) is 0 Å². The largest absolute Gasteiger partial charge is 0.333 e. The Kier molecular flexibility index (Phi) is 3.23. The Morgan fingerprint density at radius 1 is 1.45 bits per heavy atom. The highest BCUT2D eigenvalue weighted by Crippen LogP contribution is 2.08. The van der Waals surface area contributed by atoms with Crippen molar-refractivity contribution in [3.8, 4) is 0 Å². The molecule has 2 aromatic rings. The number of nitrogens with zero attached hydrogens (tertiary/aromatic N) is 3. The molecule has 2 aromatic heterocycles. The van der Waals surface area contributed by atoms with Crippen molar-refractivity contribution >= 4 is 11.6 Å². The molecule has 1 atom stereocenters. The number of piperazine rings is 1. The van der Waals surface area contributed by atoms with Gasteiger partial charge in [0.2, 0.25) is 0 Å². The van der Waals surface area contributed by atoms with E-state index in [2.05, 4.69) is 10.3 Å². The molecule has 1 amide bonds. The number of nitrogens with one attached hydrogen (secondary N) is 1. The predicted molar refractivity (Wildman–Crippen MR) is 74.8 cm³/mol. The van der Waals surface area contributed by atoms with Gasteiger partial charge < -0.3 is 10.2 Å². The molecule has 1 aliphatic heterocycles. The van der Waals surface area contributed by atoms with Gasteiger partial charge in [0.15, 0.2) is 0 Å². The summed E-state index contributed by atoms with van der Waals surface area (Å²) in [6.07, 6.45) is 3.01. The first kappa shape index (κ1) is 12.8. The molecule has 1 aliphatic rings. The van der Waals surface area contributed by atoms with Gasteiger partial charge in [-0.25, -0.2) is 4.98 Å². The maximum atomic E-state index is 12.5. The minimum Gasteiger partial charge on any atom is -0.333 e. The van der Waals surface area contributed by atoms with Crippen molar-refractivity contribution in [1.29, 1.82) is 0 Å². The van der Waals surface area contributed by atoms with Crippen LogP contribution in [0.25, 0.3) is 5.65 Å². The Balaban J connectivity index is 2.03. The summed E-state index contributed by atoms with van der Waals surface area (Å²) in [4.78, 5) is 30.8. The van der Waals surface area contributed by atoms with Crippen LogP contribution in [0, 0.1) is 0 Å². The Bertz CT molecular complexity index is 710. The van der Waals surface area contributed by atoms with Crippen molar-refractivity contribution in [3.05, 3.63) is 46.5 Å². The maximum Gasteiger partial charge on any atom is 0.270 e. The van der Waals surface area contributed by atoms with Crippen LogP contribution in [-0.4, -0.2) is 45.9 Å². The summed E-state index contributed by atoms with van der Waals surface area (Å²) >= 11 is 0. The molecule has 0 unspecified atom stereocenters. The van der Waals surface area contributed by atoms with E-state index in [0.29, 0.717) is 12.2 Å². The first-order valence-electron chi connectivity index (χ1n) is 6.66. The van der Waals surface area contributed by atoms with E-state index in [4.69, 9.17) is 0 Å². The highest BCUT2D eigenvalue weighted by atomic mass is 16.2. The number of rotatable bonds is 1. The van der Waals surface area contributed by atoms with Crippen LogP contribution in [0.1, 0.15) is 17.3 Å². The highest BCUT2D eigenvalue weighted by molar-refractivity contribution is 5.94. The van der Waals surface area contributed by atoms with Crippen LogP contribution in [0.5, 0.6) is 0 Å². The lowest BCUT2D eigenvalue weighted by molar-refractivity contribution is 0.0653. The third kappa shape index (κ3) is 2.08. The minimum absolute atomic E-state index is 0.0760. The lowest BCUT2D eigenvalue weighted by Gasteiger charge is -2.33. The number of fused-ring (bicyclic) bond motifs is 1. The van der Waals surface area contributed by atoms with E-state index in [9.17, 15) is 9.59 Å². The molecular weight excluding hydrogens is 256 g/mol. The number of aromatic nitrogens is 2. The second-order valence-electron chi connectivity index (χ2n) is 4.96. The quantitative estimate of drug-likeness (QED) is 0.801. The lowest BCUT2D eigenvalue weighted by atomic mass is 10.2. The maximum absolute atomic E-state index is 12.5. The molecule has 0 spiro atoms.